The maximum absolute atomic E-state index is 2.63. The van der Waals surface area contributed by atoms with Gasteiger partial charge in [-0.15, -0.1) is 0 Å². The first-order valence-corrected chi connectivity index (χ1v) is 21.3. The molecule has 0 aliphatic heterocycles. The first-order chi connectivity index (χ1) is 29.2. The molecule has 9 aromatic rings. The van der Waals surface area contributed by atoms with Gasteiger partial charge < -0.3 is 14.4 Å². The fourth-order valence-corrected chi connectivity index (χ4v) is 8.64. The van der Waals surface area contributed by atoms with E-state index in [1.165, 1.54) is 69.7 Å². The van der Waals surface area contributed by atoms with Crippen LogP contribution in [-0.2, 0) is 6.54 Å². The number of para-hydroxylation sites is 4. The first-order valence-electron chi connectivity index (χ1n) is 21.3. The Morgan fingerprint density at radius 2 is 0.729 bits per heavy atom. The molecule has 0 fully saturated rings. The van der Waals surface area contributed by atoms with E-state index in [0.29, 0.717) is 5.92 Å². The number of benzene rings is 8. The van der Waals surface area contributed by atoms with Crippen LogP contribution < -0.4 is 9.80 Å². The molecule has 3 nitrogen and oxygen atoms in total. The van der Waals surface area contributed by atoms with Gasteiger partial charge in [-0.05, 0) is 120 Å². The van der Waals surface area contributed by atoms with Gasteiger partial charge in [-0.2, -0.15) is 0 Å². The molecule has 59 heavy (non-hydrogen) atoms. The van der Waals surface area contributed by atoms with E-state index in [-0.39, 0.29) is 0 Å². The van der Waals surface area contributed by atoms with Gasteiger partial charge in [-0.3, -0.25) is 0 Å². The lowest BCUT2D eigenvalue weighted by Gasteiger charge is -2.25. The van der Waals surface area contributed by atoms with Gasteiger partial charge in [0, 0.05) is 62.5 Å². The molecule has 0 aliphatic carbocycles. The van der Waals surface area contributed by atoms with Crippen LogP contribution in [0.5, 0.6) is 0 Å². The summed E-state index contributed by atoms with van der Waals surface area (Å²) >= 11 is 0. The first kappa shape index (κ1) is 37.7. The largest absolute Gasteiger partial charge is 0.340 e. The summed E-state index contributed by atoms with van der Waals surface area (Å²) in [5.74, 6) is 0.614. The zero-order valence-corrected chi connectivity index (χ0v) is 34.1. The highest BCUT2D eigenvalue weighted by molar-refractivity contribution is 6.10. The quantitative estimate of drug-likeness (QED) is 0.109. The van der Waals surface area contributed by atoms with Crippen molar-refractivity contribution in [3.05, 3.63) is 206 Å². The van der Waals surface area contributed by atoms with E-state index >= 15 is 0 Å². The van der Waals surface area contributed by atoms with Crippen molar-refractivity contribution in [1.29, 1.82) is 0 Å². The van der Waals surface area contributed by atoms with E-state index < -0.39 is 0 Å². The van der Waals surface area contributed by atoms with E-state index in [1.807, 2.05) is 0 Å². The van der Waals surface area contributed by atoms with Crippen LogP contribution in [-0.4, -0.2) is 4.57 Å². The van der Waals surface area contributed by atoms with Crippen molar-refractivity contribution in [2.24, 2.45) is 5.92 Å². The predicted molar refractivity (Wildman–Crippen MR) is 253 cm³/mol. The lowest BCUT2D eigenvalue weighted by molar-refractivity contribution is 0.401. The highest BCUT2D eigenvalue weighted by Crippen LogP contribution is 2.40. The molecular weight excluding hydrogens is 715 g/mol. The van der Waals surface area contributed by atoms with Crippen molar-refractivity contribution in [3.8, 4) is 22.3 Å². The molecule has 0 N–H and O–H groups in total. The average molecular weight is 766 g/mol. The van der Waals surface area contributed by atoms with Crippen LogP contribution >= 0.6 is 0 Å². The Bertz CT molecular complexity index is 2480. The summed E-state index contributed by atoms with van der Waals surface area (Å²) in [5.41, 5.74) is 14.3. The Morgan fingerprint density at radius 3 is 1.07 bits per heavy atom. The van der Waals surface area contributed by atoms with Crippen molar-refractivity contribution in [3.63, 3.8) is 0 Å². The van der Waals surface area contributed by atoms with Crippen molar-refractivity contribution in [2.45, 2.75) is 46.1 Å². The van der Waals surface area contributed by atoms with Gasteiger partial charge >= 0.3 is 0 Å². The number of anilines is 6. The minimum atomic E-state index is 0.614. The fraction of sp³-hybridized carbons (Fsp3) is 0.143. The molecule has 0 amide bonds. The summed E-state index contributed by atoms with van der Waals surface area (Å²) in [4.78, 5) is 4.64. The SMILES string of the molecule is CCCCC(CC)Cn1c2cc(-c3ccc(N(c4ccccc4)c4ccccc4)cc3)ccc2c2ccc(-c3ccc(N(c4ccccc4)c4ccccc4)cc3)cc21. The number of rotatable bonds is 14. The van der Waals surface area contributed by atoms with Gasteiger partial charge in [0.2, 0.25) is 0 Å². The van der Waals surface area contributed by atoms with Crippen LogP contribution in [0.1, 0.15) is 39.5 Å². The van der Waals surface area contributed by atoms with Crippen LogP contribution in [0, 0.1) is 5.92 Å². The summed E-state index contributed by atoms with van der Waals surface area (Å²) in [6, 6.07) is 74.7. The molecule has 0 spiro atoms. The minimum Gasteiger partial charge on any atom is -0.340 e. The summed E-state index contributed by atoms with van der Waals surface area (Å²) in [7, 11) is 0. The second kappa shape index (κ2) is 17.3. The van der Waals surface area contributed by atoms with Gasteiger partial charge in [-0.1, -0.05) is 154 Å². The molecule has 290 valence electrons. The minimum absolute atomic E-state index is 0.614. The molecule has 1 aromatic heterocycles. The number of hydrogen-bond donors (Lipinski definition) is 0. The van der Waals surface area contributed by atoms with Crippen molar-refractivity contribution < 1.29 is 0 Å². The van der Waals surface area contributed by atoms with E-state index in [2.05, 4.69) is 234 Å². The normalized spacial score (nSPS) is 11.8. The summed E-state index contributed by atoms with van der Waals surface area (Å²) in [5, 5.41) is 2.63. The fourth-order valence-electron chi connectivity index (χ4n) is 8.64. The van der Waals surface area contributed by atoms with Gasteiger partial charge in [0.1, 0.15) is 0 Å². The van der Waals surface area contributed by atoms with Crippen LogP contribution in [0.3, 0.4) is 0 Å². The van der Waals surface area contributed by atoms with E-state index in [9.17, 15) is 0 Å². The van der Waals surface area contributed by atoms with Crippen LogP contribution in [0.25, 0.3) is 44.1 Å². The lowest BCUT2D eigenvalue weighted by Crippen LogP contribution is -2.10. The Kier molecular flexibility index (Phi) is 11.1. The van der Waals surface area contributed by atoms with Gasteiger partial charge in [-0.25, -0.2) is 0 Å². The smallest absolute Gasteiger partial charge is 0.0497 e. The summed E-state index contributed by atoms with van der Waals surface area (Å²) < 4.78 is 2.63. The van der Waals surface area contributed by atoms with Gasteiger partial charge in [0.05, 0.1) is 0 Å². The Morgan fingerprint density at radius 1 is 0.390 bits per heavy atom. The number of aromatic nitrogens is 1. The van der Waals surface area contributed by atoms with Gasteiger partial charge in [0.15, 0.2) is 0 Å². The zero-order chi connectivity index (χ0) is 40.0. The van der Waals surface area contributed by atoms with Crippen LogP contribution in [0.4, 0.5) is 34.1 Å². The maximum atomic E-state index is 2.63. The topological polar surface area (TPSA) is 11.4 Å². The molecule has 1 atom stereocenters. The zero-order valence-electron chi connectivity index (χ0n) is 34.1. The molecule has 0 bridgehead atoms. The number of hydrogen-bond acceptors (Lipinski definition) is 2. The van der Waals surface area contributed by atoms with Crippen LogP contribution in [0.15, 0.2) is 206 Å². The summed E-state index contributed by atoms with van der Waals surface area (Å²) in [6.45, 7) is 5.67. The molecule has 3 heteroatoms. The van der Waals surface area contributed by atoms with Gasteiger partial charge in [0.25, 0.3) is 0 Å². The van der Waals surface area contributed by atoms with Crippen LogP contribution in [0.2, 0.25) is 0 Å². The third-order valence-electron chi connectivity index (χ3n) is 11.8. The average Bonchev–Trinajstić information content (AvgIpc) is 3.61. The molecule has 0 saturated heterocycles. The maximum Gasteiger partial charge on any atom is 0.0497 e. The molecule has 1 unspecified atom stereocenters. The molecule has 8 aromatic carbocycles. The standard InChI is InChI=1S/C56H51N3/c1-3-5-18-42(4-2)41-57-55-39-45(43-27-33-51(34-28-43)58(47-19-10-6-11-20-47)48-21-12-7-13-22-48)31-37-53(55)54-38-32-46(40-56(54)57)44-29-35-52(36-30-44)59(49-23-14-8-15-24-49)50-25-16-9-17-26-50/h6-17,19-40,42H,3-5,18,41H2,1-2H3. The molecule has 1 heterocycles. The van der Waals surface area contributed by atoms with E-state index in [1.54, 1.807) is 0 Å². The molecular formula is C56H51N3. The highest BCUT2D eigenvalue weighted by Gasteiger charge is 2.18. The Hall–Kier alpha value is -6.84. The third-order valence-corrected chi connectivity index (χ3v) is 11.8. The molecule has 0 aliphatic rings. The second-order valence-corrected chi connectivity index (χ2v) is 15.6. The lowest BCUT2D eigenvalue weighted by atomic mass is 9.99. The monoisotopic (exact) mass is 765 g/mol. The third kappa shape index (κ3) is 7.89. The van der Waals surface area contributed by atoms with Crippen molar-refractivity contribution in [1.82, 2.24) is 4.57 Å². The highest BCUT2D eigenvalue weighted by atomic mass is 15.1. The Balaban J connectivity index is 1.09. The molecule has 9 rings (SSSR count). The van der Waals surface area contributed by atoms with Crippen molar-refractivity contribution >= 4 is 55.9 Å². The number of fused-ring (bicyclic) bond motifs is 3. The van der Waals surface area contributed by atoms with Crippen molar-refractivity contribution in [2.75, 3.05) is 9.80 Å². The second-order valence-electron chi connectivity index (χ2n) is 15.6. The van der Waals surface area contributed by atoms with E-state index in [0.717, 1.165) is 40.7 Å². The molecule has 0 saturated carbocycles. The Labute approximate surface area is 349 Å². The summed E-state index contributed by atoms with van der Waals surface area (Å²) in [6.07, 6.45) is 4.90. The molecule has 0 radical (unpaired) electrons. The predicted octanol–water partition coefficient (Wildman–Crippen LogP) is 16.3. The number of unbranched alkanes of at least 4 members (excludes halogenated alkanes) is 1. The van der Waals surface area contributed by atoms with E-state index in [4.69, 9.17) is 0 Å². The number of nitrogens with zero attached hydrogens (tertiary/aromatic N) is 3.